The van der Waals surface area contributed by atoms with Crippen molar-refractivity contribution in [2.45, 2.75) is 25.6 Å². The van der Waals surface area contributed by atoms with Crippen LogP contribution < -0.4 is 11.3 Å². The number of rotatable bonds is 3. The molecule has 1 aliphatic rings. The lowest BCUT2D eigenvalue weighted by Gasteiger charge is -2.42. The van der Waals surface area contributed by atoms with E-state index >= 15 is 0 Å². The number of carbonyl (C=O) groups is 1. The van der Waals surface area contributed by atoms with E-state index in [9.17, 15) is 9.90 Å². The van der Waals surface area contributed by atoms with Crippen molar-refractivity contribution in [3.63, 3.8) is 0 Å². The number of anilines is 1. The maximum Gasteiger partial charge on any atom is 0.254 e. The Kier molecular flexibility index (Phi) is 4.22. The second kappa shape index (κ2) is 5.74. The quantitative estimate of drug-likeness (QED) is 0.531. The van der Waals surface area contributed by atoms with Crippen molar-refractivity contribution >= 4 is 11.7 Å². The van der Waals surface area contributed by atoms with Gasteiger partial charge in [-0.2, -0.15) is 0 Å². The van der Waals surface area contributed by atoms with Crippen LogP contribution in [0.3, 0.4) is 0 Å². The van der Waals surface area contributed by atoms with Gasteiger partial charge in [0.1, 0.15) is 5.82 Å². The first-order valence-corrected chi connectivity index (χ1v) is 6.46. The summed E-state index contributed by atoms with van der Waals surface area (Å²) in [5.41, 5.74) is 2.43. The second-order valence-corrected chi connectivity index (χ2v) is 5.44. The van der Waals surface area contributed by atoms with Crippen LogP contribution in [0.25, 0.3) is 0 Å². The van der Waals surface area contributed by atoms with Gasteiger partial charge in [0.25, 0.3) is 5.91 Å². The van der Waals surface area contributed by atoms with Crippen LogP contribution in [0.15, 0.2) is 18.3 Å². The molecule has 0 bridgehead atoms. The lowest BCUT2D eigenvalue weighted by molar-refractivity contribution is -0.139. The number of nitrogens with one attached hydrogen (secondary N) is 1. The summed E-state index contributed by atoms with van der Waals surface area (Å²) >= 11 is 0. The van der Waals surface area contributed by atoms with E-state index in [1.807, 2.05) is 13.8 Å². The molecule has 0 spiro atoms. The van der Waals surface area contributed by atoms with Gasteiger partial charge in [0.15, 0.2) is 0 Å². The molecule has 1 aromatic heterocycles. The number of ether oxygens (including phenoxy) is 1. The number of hydrogen-bond acceptors (Lipinski definition) is 6. The molecule has 7 heteroatoms. The van der Waals surface area contributed by atoms with Gasteiger partial charge >= 0.3 is 0 Å². The summed E-state index contributed by atoms with van der Waals surface area (Å²) in [6.07, 6.45) is 1.16. The summed E-state index contributed by atoms with van der Waals surface area (Å²) in [6.45, 7) is 4.52. The minimum Gasteiger partial charge on any atom is -0.394 e. The third-order valence-corrected chi connectivity index (χ3v) is 3.13. The van der Waals surface area contributed by atoms with Crippen molar-refractivity contribution in [3.05, 3.63) is 23.9 Å². The molecule has 1 aromatic rings. The molecule has 1 saturated heterocycles. The minimum atomic E-state index is -0.483. The molecule has 110 valence electrons. The highest BCUT2D eigenvalue weighted by Gasteiger charge is 2.35. The Hall–Kier alpha value is -1.70. The zero-order valence-electron chi connectivity index (χ0n) is 11.7. The number of aliphatic hydroxyl groups excluding tert-OH is 1. The van der Waals surface area contributed by atoms with Crippen LogP contribution in [0, 0.1) is 0 Å². The Labute approximate surface area is 117 Å². The molecule has 4 N–H and O–H groups in total. The molecular formula is C13H20N4O3. The van der Waals surface area contributed by atoms with Crippen LogP contribution >= 0.6 is 0 Å². The molecule has 1 atom stereocenters. The van der Waals surface area contributed by atoms with Gasteiger partial charge in [-0.3, -0.25) is 4.79 Å². The molecule has 2 rings (SSSR count). The van der Waals surface area contributed by atoms with Crippen LogP contribution in [0.1, 0.15) is 24.2 Å². The van der Waals surface area contributed by atoms with Gasteiger partial charge in [0.05, 0.1) is 18.3 Å². The number of amides is 1. The summed E-state index contributed by atoms with van der Waals surface area (Å²) < 4.78 is 5.70. The van der Waals surface area contributed by atoms with E-state index in [0.717, 1.165) is 0 Å². The second-order valence-electron chi connectivity index (χ2n) is 5.44. The van der Waals surface area contributed by atoms with E-state index in [1.165, 1.54) is 6.20 Å². The number of nitrogens with two attached hydrogens (primary N) is 1. The lowest BCUT2D eigenvalue weighted by atomic mass is 10.0. The smallest absolute Gasteiger partial charge is 0.254 e. The van der Waals surface area contributed by atoms with Gasteiger partial charge in [-0.15, -0.1) is 0 Å². The van der Waals surface area contributed by atoms with Gasteiger partial charge < -0.3 is 20.2 Å². The highest BCUT2D eigenvalue weighted by Crippen LogP contribution is 2.22. The number of hydrazine groups is 1. The maximum absolute atomic E-state index is 12.5. The van der Waals surface area contributed by atoms with Crippen molar-refractivity contribution in [3.8, 4) is 0 Å². The lowest BCUT2D eigenvalue weighted by Crippen LogP contribution is -2.55. The average molecular weight is 280 g/mol. The van der Waals surface area contributed by atoms with Gasteiger partial charge in [-0.05, 0) is 26.0 Å². The Morgan fingerprint density at radius 2 is 2.45 bits per heavy atom. The molecule has 0 saturated carbocycles. The zero-order valence-corrected chi connectivity index (χ0v) is 11.7. The van der Waals surface area contributed by atoms with Crippen LogP contribution in [0.2, 0.25) is 0 Å². The van der Waals surface area contributed by atoms with Crippen molar-refractivity contribution in [2.75, 3.05) is 25.1 Å². The molecule has 1 fully saturated rings. The standard InChI is InChI=1S/C13H20N4O3/c1-13(2)8-17(6-10(7-18)20-13)12(19)9-3-4-15-11(5-9)16-14/h3-5,10,18H,6-8,14H2,1-2H3,(H,15,16). The molecule has 0 radical (unpaired) electrons. The zero-order chi connectivity index (χ0) is 14.8. The fourth-order valence-electron chi connectivity index (χ4n) is 2.37. The first-order chi connectivity index (χ1) is 9.45. The van der Waals surface area contributed by atoms with Crippen LogP contribution in [0.5, 0.6) is 0 Å². The topological polar surface area (TPSA) is 101 Å². The summed E-state index contributed by atoms with van der Waals surface area (Å²) in [6, 6.07) is 3.23. The number of nitrogen functional groups attached to an aromatic ring is 1. The molecule has 20 heavy (non-hydrogen) atoms. The molecule has 0 aromatic carbocycles. The Morgan fingerprint density at radius 3 is 3.10 bits per heavy atom. The van der Waals surface area contributed by atoms with Crippen LogP contribution in [-0.4, -0.2) is 52.3 Å². The van der Waals surface area contributed by atoms with Gasteiger partial charge in [0, 0.05) is 24.8 Å². The molecule has 1 unspecified atom stereocenters. The summed E-state index contributed by atoms with van der Waals surface area (Å²) in [5, 5.41) is 9.28. The number of carbonyl (C=O) groups excluding carboxylic acids is 1. The summed E-state index contributed by atoms with van der Waals surface area (Å²) in [4.78, 5) is 18.2. The maximum atomic E-state index is 12.5. The van der Waals surface area contributed by atoms with Gasteiger partial charge in [-0.1, -0.05) is 0 Å². The van der Waals surface area contributed by atoms with E-state index in [2.05, 4.69) is 10.4 Å². The number of pyridine rings is 1. The fourth-order valence-corrected chi connectivity index (χ4v) is 2.37. The molecule has 7 nitrogen and oxygen atoms in total. The number of nitrogens with zero attached hydrogens (tertiary/aromatic N) is 2. The third kappa shape index (κ3) is 3.24. The van der Waals surface area contributed by atoms with E-state index in [1.54, 1.807) is 17.0 Å². The monoisotopic (exact) mass is 280 g/mol. The van der Waals surface area contributed by atoms with Crippen molar-refractivity contribution < 1.29 is 14.6 Å². The SMILES string of the molecule is CC1(C)CN(C(=O)c2ccnc(NN)c2)CC(CO)O1. The molecule has 2 heterocycles. The average Bonchev–Trinajstić information content (AvgIpc) is 2.44. The first-order valence-electron chi connectivity index (χ1n) is 6.46. The molecule has 1 aliphatic heterocycles. The highest BCUT2D eigenvalue weighted by atomic mass is 16.5. The fraction of sp³-hybridized carbons (Fsp3) is 0.538. The van der Waals surface area contributed by atoms with Crippen LogP contribution in [0.4, 0.5) is 5.82 Å². The summed E-state index contributed by atoms with van der Waals surface area (Å²) in [7, 11) is 0. The van der Waals surface area contributed by atoms with E-state index in [0.29, 0.717) is 24.5 Å². The van der Waals surface area contributed by atoms with Crippen molar-refractivity contribution in [1.82, 2.24) is 9.88 Å². The predicted octanol–water partition coefficient (Wildman–Crippen LogP) is -0.0209. The number of aliphatic hydroxyl groups is 1. The highest BCUT2D eigenvalue weighted by molar-refractivity contribution is 5.95. The molecular weight excluding hydrogens is 260 g/mol. The van der Waals surface area contributed by atoms with E-state index in [4.69, 9.17) is 10.6 Å². The van der Waals surface area contributed by atoms with Crippen molar-refractivity contribution in [1.29, 1.82) is 0 Å². The number of hydrogen-bond donors (Lipinski definition) is 3. The number of aromatic nitrogens is 1. The van der Waals surface area contributed by atoms with Gasteiger partial charge in [-0.25, -0.2) is 10.8 Å². The Bertz CT molecular complexity index is 492. The Morgan fingerprint density at radius 1 is 1.70 bits per heavy atom. The van der Waals surface area contributed by atoms with E-state index in [-0.39, 0.29) is 18.6 Å². The normalized spacial score (nSPS) is 21.6. The molecule has 0 aliphatic carbocycles. The minimum absolute atomic E-state index is 0.112. The van der Waals surface area contributed by atoms with Gasteiger partial charge in [0.2, 0.25) is 0 Å². The van der Waals surface area contributed by atoms with Crippen LogP contribution in [-0.2, 0) is 4.74 Å². The summed E-state index contributed by atoms with van der Waals surface area (Å²) in [5.74, 6) is 5.60. The molecule has 1 amide bonds. The predicted molar refractivity (Wildman–Crippen MR) is 74.0 cm³/mol. The Balaban J connectivity index is 2.18. The number of morpholine rings is 1. The largest absolute Gasteiger partial charge is 0.394 e. The van der Waals surface area contributed by atoms with E-state index < -0.39 is 5.60 Å². The van der Waals surface area contributed by atoms with Crippen molar-refractivity contribution in [2.24, 2.45) is 5.84 Å². The first kappa shape index (κ1) is 14.7. The third-order valence-electron chi connectivity index (χ3n) is 3.13.